The molecule has 0 unspecified atom stereocenters. The molecule has 0 saturated heterocycles. The van der Waals surface area contributed by atoms with Gasteiger partial charge in [-0.2, -0.15) is 0 Å². The SMILES string of the molecule is CCC1CCC(C(=O)C2CC2)CC1. The number of Topliss-reactive ketones (excluding diaryl/α,β-unsaturated/α-hetero) is 1. The van der Waals surface area contributed by atoms with Gasteiger partial charge < -0.3 is 0 Å². The summed E-state index contributed by atoms with van der Waals surface area (Å²) >= 11 is 0. The average molecular weight is 180 g/mol. The smallest absolute Gasteiger partial charge is 0.139 e. The molecule has 2 aliphatic rings. The summed E-state index contributed by atoms with van der Waals surface area (Å²) in [6.07, 6.45) is 8.67. The lowest BCUT2D eigenvalue weighted by Crippen LogP contribution is -2.22. The molecule has 1 nitrogen and oxygen atoms in total. The normalized spacial score (nSPS) is 34.5. The van der Waals surface area contributed by atoms with Gasteiger partial charge in [-0.15, -0.1) is 0 Å². The van der Waals surface area contributed by atoms with Crippen molar-refractivity contribution in [2.24, 2.45) is 17.8 Å². The van der Waals surface area contributed by atoms with Gasteiger partial charge in [0.15, 0.2) is 0 Å². The van der Waals surface area contributed by atoms with Gasteiger partial charge in [0, 0.05) is 11.8 Å². The Morgan fingerprint density at radius 2 is 1.46 bits per heavy atom. The first-order valence-corrected chi connectivity index (χ1v) is 5.85. The summed E-state index contributed by atoms with van der Waals surface area (Å²) in [5.41, 5.74) is 0. The van der Waals surface area contributed by atoms with Gasteiger partial charge in [-0.1, -0.05) is 13.3 Å². The van der Waals surface area contributed by atoms with Crippen molar-refractivity contribution in [2.75, 3.05) is 0 Å². The molecular formula is C12H20O. The van der Waals surface area contributed by atoms with Gasteiger partial charge in [-0.05, 0) is 44.4 Å². The maximum Gasteiger partial charge on any atom is 0.139 e. The third kappa shape index (κ3) is 2.12. The Morgan fingerprint density at radius 3 is 1.85 bits per heavy atom. The van der Waals surface area contributed by atoms with E-state index >= 15 is 0 Å². The zero-order valence-corrected chi connectivity index (χ0v) is 8.59. The number of ketones is 1. The zero-order valence-electron chi connectivity index (χ0n) is 8.59. The molecule has 2 saturated carbocycles. The Hall–Kier alpha value is -0.330. The van der Waals surface area contributed by atoms with Gasteiger partial charge in [0.1, 0.15) is 5.78 Å². The van der Waals surface area contributed by atoms with Crippen LogP contribution in [0, 0.1) is 17.8 Å². The van der Waals surface area contributed by atoms with E-state index in [4.69, 9.17) is 0 Å². The lowest BCUT2D eigenvalue weighted by Gasteiger charge is -2.26. The van der Waals surface area contributed by atoms with Crippen LogP contribution in [0.5, 0.6) is 0 Å². The fourth-order valence-electron chi connectivity index (χ4n) is 2.56. The van der Waals surface area contributed by atoms with E-state index < -0.39 is 0 Å². The third-order valence-electron chi connectivity index (χ3n) is 3.81. The first-order chi connectivity index (χ1) is 6.31. The Balaban J connectivity index is 1.79. The van der Waals surface area contributed by atoms with Crippen LogP contribution in [0.1, 0.15) is 51.9 Å². The molecule has 0 atom stereocenters. The molecule has 2 aliphatic carbocycles. The highest BCUT2D eigenvalue weighted by atomic mass is 16.1. The van der Waals surface area contributed by atoms with Gasteiger partial charge >= 0.3 is 0 Å². The van der Waals surface area contributed by atoms with E-state index in [1.54, 1.807) is 0 Å². The minimum absolute atomic E-state index is 0.454. The standard InChI is InChI=1S/C12H20O/c1-2-9-3-5-10(6-4-9)12(13)11-7-8-11/h9-11H,2-8H2,1H3. The number of rotatable bonds is 3. The van der Waals surface area contributed by atoms with Gasteiger partial charge in [-0.25, -0.2) is 0 Å². The van der Waals surface area contributed by atoms with Crippen molar-refractivity contribution in [3.05, 3.63) is 0 Å². The summed E-state index contributed by atoms with van der Waals surface area (Å²) in [5.74, 6) is 2.47. The van der Waals surface area contributed by atoms with E-state index in [1.165, 1.54) is 44.9 Å². The van der Waals surface area contributed by atoms with Crippen molar-refractivity contribution in [3.63, 3.8) is 0 Å². The summed E-state index contributed by atoms with van der Waals surface area (Å²) in [4.78, 5) is 11.8. The molecule has 0 heterocycles. The van der Waals surface area contributed by atoms with Crippen LogP contribution in [0.4, 0.5) is 0 Å². The lowest BCUT2D eigenvalue weighted by molar-refractivity contribution is -0.125. The van der Waals surface area contributed by atoms with Crippen LogP contribution in [0.3, 0.4) is 0 Å². The molecule has 0 spiro atoms. The van der Waals surface area contributed by atoms with Crippen molar-refractivity contribution in [3.8, 4) is 0 Å². The zero-order chi connectivity index (χ0) is 9.26. The van der Waals surface area contributed by atoms with E-state index in [0.29, 0.717) is 17.6 Å². The van der Waals surface area contributed by atoms with Crippen molar-refractivity contribution >= 4 is 5.78 Å². The fourth-order valence-corrected chi connectivity index (χ4v) is 2.56. The summed E-state index contributed by atoms with van der Waals surface area (Å²) < 4.78 is 0. The molecule has 0 N–H and O–H groups in total. The summed E-state index contributed by atoms with van der Waals surface area (Å²) in [7, 11) is 0. The molecule has 0 aliphatic heterocycles. The minimum Gasteiger partial charge on any atom is -0.299 e. The number of hydrogen-bond acceptors (Lipinski definition) is 1. The second-order valence-electron chi connectivity index (χ2n) is 4.80. The largest absolute Gasteiger partial charge is 0.299 e. The molecule has 0 aromatic heterocycles. The van der Waals surface area contributed by atoms with Crippen LogP contribution >= 0.6 is 0 Å². The molecule has 0 aromatic carbocycles. The van der Waals surface area contributed by atoms with Crippen LogP contribution < -0.4 is 0 Å². The highest BCUT2D eigenvalue weighted by molar-refractivity contribution is 5.85. The molecule has 0 radical (unpaired) electrons. The Morgan fingerprint density at radius 1 is 1.00 bits per heavy atom. The van der Waals surface area contributed by atoms with Gasteiger partial charge in [0.05, 0.1) is 0 Å². The quantitative estimate of drug-likeness (QED) is 0.652. The van der Waals surface area contributed by atoms with Crippen LogP contribution in [0.2, 0.25) is 0 Å². The van der Waals surface area contributed by atoms with Crippen molar-refractivity contribution < 1.29 is 4.79 Å². The molecule has 2 fully saturated rings. The Bertz CT molecular complexity index is 185. The predicted octanol–water partition coefficient (Wildman–Crippen LogP) is 3.18. The van der Waals surface area contributed by atoms with Crippen molar-refractivity contribution in [2.45, 2.75) is 51.9 Å². The predicted molar refractivity (Wildman–Crippen MR) is 53.5 cm³/mol. The fraction of sp³-hybridized carbons (Fsp3) is 0.917. The van der Waals surface area contributed by atoms with E-state index in [-0.39, 0.29) is 0 Å². The monoisotopic (exact) mass is 180 g/mol. The first-order valence-electron chi connectivity index (χ1n) is 5.85. The van der Waals surface area contributed by atoms with E-state index in [2.05, 4.69) is 6.92 Å². The number of carbonyl (C=O) groups excluding carboxylic acids is 1. The van der Waals surface area contributed by atoms with E-state index in [1.807, 2.05) is 0 Å². The average Bonchev–Trinajstić information content (AvgIpc) is 3.00. The highest BCUT2D eigenvalue weighted by Gasteiger charge is 2.35. The van der Waals surface area contributed by atoms with E-state index in [0.717, 1.165) is 5.92 Å². The molecule has 74 valence electrons. The molecule has 0 bridgehead atoms. The van der Waals surface area contributed by atoms with Gasteiger partial charge in [0.2, 0.25) is 0 Å². The molecule has 0 amide bonds. The van der Waals surface area contributed by atoms with E-state index in [9.17, 15) is 4.79 Å². The second kappa shape index (κ2) is 3.81. The van der Waals surface area contributed by atoms with Crippen molar-refractivity contribution in [1.82, 2.24) is 0 Å². The Kier molecular flexibility index (Phi) is 2.71. The van der Waals surface area contributed by atoms with Crippen LogP contribution in [-0.2, 0) is 4.79 Å². The molecule has 0 aromatic rings. The van der Waals surface area contributed by atoms with Crippen LogP contribution in [0.15, 0.2) is 0 Å². The number of hydrogen-bond donors (Lipinski definition) is 0. The third-order valence-corrected chi connectivity index (χ3v) is 3.81. The number of carbonyl (C=O) groups is 1. The van der Waals surface area contributed by atoms with Crippen LogP contribution in [0.25, 0.3) is 0 Å². The summed E-state index contributed by atoms with van der Waals surface area (Å²) in [6, 6.07) is 0. The van der Waals surface area contributed by atoms with Gasteiger partial charge in [0.25, 0.3) is 0 Å². The van der Waals surface area contributed by atoms with Gasteiger partial charge in [-0.3, -0.25) is 4.79 Å². The maximum absolute atomic E-state index is 11.8. The Labute approximate surface area is 80.9 Å². The maximum atomic E-state index is 11.8. The summed E-state index contributed by atoms with van der Waals surface area (Å²) in [5, 5.41) is 0. The lowest BCUT2D eigenvalue weighted by atomic mass is 9.78. The second-order valence-corrected chi connectivity index (χ2v) is 4.80. The summed E-state index contributed by atoms with van der Waals surface area (Å²) in [6.45, 7) is 2.27. The van der Waals surface area contributed by atoms with Crippen molar-refractivity contribution in [1.29, 1.82) is 0 Å². The molecule has 2 rings (SSSR count). The molecular weight excluding hydrogens is 160 g/mol. The van der Waals surface area contributed by atoms with Crippen LogP contribution in [-0.4, -0.2) is 5.78 Å². The molecule has 13 heavy (non-hydrogen) atoms. The first kappa shape index (κ1) is 9.23. The minimum atomic E-state index is 0.454. The highest BCUT2D eigenvalue weighted by Crippen LogP contribution is 2.38. The topological polar surface area (TPSA) is 17.1 Å². The molecule has 1 heteroatoms.